The average molecular weight is 291 g/mol. The van der Waals surface area contributed by atoms with E-state index < -0.39 is 0 Å². The van der Waals surface area contributed by atoms with Crippen LogP contribution in [0.2, 0.25) is 0 Å². The van der Waals surface area contributed by atoms with E-state index in [1.807, 2.05) is 13.8 Å². The largest absolute Gasteiger partial charge is 0.351 e. The summed E-state index contributed by atoms with van der Waals surface area (Å²) in [4.78, 5) is 0. The minimum atomic E-state index is -0.0931. The Labute approximate surface area is 128 Å². The van der Waals surface area contributed by atoms with Gasteiger partial charge in [-0.3, -0.25) is 0 Å². The maximum absolute atomic E-state index is 5.79. The molecule has 3 rings (SSSR count). The van der Waals surface area contributed by atoms with Crippen LogP contribution in [0.25, 0.3) is 0 Å². The van der Waals surface area contributed by atoms with Crippen molar-refractivity contribution in [2.24, 2.45) is 0 Å². The molecule has 0 aromatic carbocycles. The van der Waals surface area contributed by atoms with Gasteiger partial charge in [0.05, 0.1) is 6.54 Å². The van der Waals surface area contributed by atoms with Crippen molar-refractivity contribution < 1.29 is 9.47 Å². The van der Waals surface area contributed by atoms with Crippen LogP contribution in [0.3, 0.4) is 0 Å². The molecule has 1 aromatic rings. The van der Waals surface area contributed by atoms with Gasteiger partial charge in [-0.25, -0.2) is 0 Å². The van der Waals surface area contributed by atoms with Crippen molar-refractivity contribution in [3.8, 4) is 0 Å². The molecule has 1 heterocycles. The molecule has 3 heteroatoms. The van der Waals surface area contributed by atoms with E-state index in [0.29, 0.717) is 0 Å². The molecular formula is C18H29NO2. The van der Waals surface area contributed by atoms with Crippen molar-refractivity contribution >= 4 is 0 Å². The maximum atomic E-state index is 5.79. The molecule has 0 atom stereocenters. The number of hydrogen-bond acceptors (Lipinski definition) is 2. The zero-order valence-corrected chi connectivity index (χ0v) is 13.6. The topological polar surface area (TPSA) is 23.4 Å². The van der Waals surface area contributed by atoms with Crippen molar-refractivity contribution in [2.45, 2.75) is 78.0 Å². The van der Waals surface area contributed by atoms with Gasteiger partial charge in [0.25, 0.3) is 0 Å². The molecule has 0 spiro atoms. The number of rotatable bonds is 6. The zero-order valence-electron chi connectivity index (χ0n) is 13.6. The van der Waals surface area contributed by atoms with E-state index in [9.17, 15) is 0 Å². The Bertz CT molecular complexity index is 439. The lowest BCUT2D eigenvalue weighted by atomic mass is 9.89. The van der Waals surface area contributed by atoms with E-state index in [0.717, 1.165) is 19.8 Å². The van der Waals surface area contributed by atoms with Crippen molar-refractivity contribution in [2.75, 3.05) is 13.2 Å². The second kappa shape index (κ2) is 6.97. The Morgan fingerprint density at radius 3 is 1.76 bits per heavy atom. The standard InChI is InChI=1S/C18H29NO2/c1-3-20-18(21-4-2)13-19-16-11-7-5-9-14(16)15-10-6-8-12-17(15)19/h18H,3-13H2,1-2H3. The molecule has 3 nitrogen and oxygen atoms in total. The summed E-state index contributed by atoms with van der Waals surface area (Å²) >= 11 is 0. The summed E-state index contributed by atoms with van der Waals surface area (Å²) in [5, 5.41) is 0. The number of fused-ring (bicyclic) bond motifs is 3. The molecule has 0 amide bonds. The van der Waals surface area contributed by atoms with Crippen LogP contribution in [-0.4, -0.2) is 24.1 Å². The minimum Gasteiger partial charge on any atom is -0.351 e. The highest BCUT2D eigenvalue weighted by atomic mass is 16.7. The predicted molar refractivity (Wildman–Crippen MR) is 84.8 cm³/mol. The lowest BCUT2D eigenvalue weighted by Gasteiger charge is -2.23. The summed E-state index contributed by atoms with van der Waals surface area (Å²) in [6, 6.07) is 0. The monoisotopic (exact) mass is 291 g/mol. The van der Waals surface area contributed by atoms with Crippen LogP contribution in [0, 0.1) is 0 Å². The Balaban J connectivity index is 1.91. The van der Waals surface area contributed by atoms with Crippen LogP contribution in [0.4, 0.5) is 0 Å². The summed E-state index contributed by atoms with van der Waals surface area (Å²) < 4.78 is 14.2. The maximum Gasteiger partial charge on any atom is 0.175 e. The fraction of sp³-hybridized carbons (Fsp3) is 0.778. The van der Waals surface area contributed by atoms with Crippen LogP contribution in [0.15, 0.2) is 0 Å². The molecule has 0 bridgehead atoms. The van der Waals surface area contributed by atoms with E-state index in [2.05, 4.69) is 4.57 Å². The van der Waals surface area contributed by atoms with Crippen LogP contribution < -0.4 is 0 Å². The van der Waals surface area contributed by atoms with Gasteiger partial charge in [0.2, 0.25) is 0 Å². The molecule has 118 valence electrons. The highest BCUT2D eigenvalue weighted by Crippen LogP contribution is 2.35. The minimum absolute atomic E-state index is 0.0931. The van der Waals surface area contributed by atoms with Gasteiger partial charge >= 0.3 is 0 Å². The Morgan fingerprint density at radius 2 is 1.29 bits per heavy atom. The van der Waals surface area contributed by atoms with E-state index in [-0.39, 0.29) is 6.29 Å². The molecule has 0 saturated heterocycles. The molecule has 1 aromatic heterocycles. The number of aromatic nitrogens is 1. The molecule has 2 aliphatic carbocycles. The molecule has 21 heavy (non-hydrogen) atoms. The third-order valence-corrected chi connectivity index (χ3v) is 4.93. The molecule has 0 saturated carbocycles. The highest BCUT2D eigenvalue weighted by molar-refractivity contribution is 5.41. The molecule has 0 radical (unpaired) electrons. The summed E-state index contributed by atoms with van der Waals surface area (Å²) in [5.74, 6) is 0. The Kier molecular flexibility index (Phi) is 5.02. The van der Waals surface area contributed by atoms with Gasteiger partial charge < -0.3 is 14.0 Å². The highest BCUT2D eigenvalue weighted by Gasteiger charge is 2.27. The number of nitrogens with zero attached hydrogens (tertiary/aromatic N) is 1. The first-order valence-electron chi connectivity index (χ1n) is 8.80. The fourth-order valence-electron chi connectivity index (χ4n) is 4.08. The molecule has 0 unspecified atom stereocenters. The van der Waals surface area contributed by atoms with Gasteiger partial charge in [0, 0.05) is 24.6 Å². The van der Waals surface area contributed by atoms with Crippen molar-refractivity contribution in [3.63, 3.8) is 0 Å². The average Bonchev–Trinajstić information content (AvgIpc) is 2.83. The first-order valence-corrected chi connectivity index (χ1v) is 8.80. The molecular weight excluding hydrogens is 262 g/mol. The predicted octanol–water partition coefficient (Wildman–Crippen LogP) is 3.64. The van der Waals surface area contributed by atoms with Crippen molar-refractivity contribution in [1.29, 1.82) is 0 Å². The smallest absolute Gasteiger partial charge is 0.175 e. The van der Waals surface area contributed by atoms with Crippen LogP contribution in [0.5, 0.6) is 0 Å². The van der Waals surface area contributed by atoms with Gasteiger partial charge in [-0.1, -0.05) is 0 Å². The van der Waals surface area contributed by atoms with Crippen LogP contribution in [-0.2, 0) is 41.7 Å². The zero-order chi connectivity index (χ0) is 14.7. The first kappa shape index (κ1) is 15.1. The number of hydrogen-bond donors (Lipinski definition) is 0. The van der Waals surface area contributed by atoms with Crippen molar-refractivity contribution in [1.82, 2.24) is 4.57 Å². The Hall–Kier alpha value is -0.800. The quantitative estimate of drug-likeness (QED) is 0.747. The second-order valence-electron chi connectivity index (χ2n) is 6.22. The summed E-state index contributed by atoms with van der Waals surface area (Å²) in [5.41, 5.74) is 6.56. The summed E-state index contributed by atoms with van der Waals surface area (Å²) in [6.45, 7) is 6.41. The normalized spacial score (nSPS) is 17.9. The van der Waals surface area contributed by atoms with E-state index in [1.54, 1.807) is 22.5 Å². The molecule has 0 N–H and O–H groups in total. The third-order valence-electron chi connectivity index (χ3n) is 4.93. The van der Waals surface area contributed by atoms with Gasteiger partial charge in [-0.2, -0.15) is 0 Å². The third kappa shape index (κ3) is 3.04. The van der Waals surface area contributed by atoms with Crippen LogP contribution in [0.1, 0.15) is 62.0 Å². The van der Waals surface area contributed by atoms with E-state index in [1.165, 1.54) is 51.4 Å². The van der Waals surface area contributed by atoms with Gasteiger partial charge in [0.15, 0.2) is 6.29 Å². The number of ether oxygens (including phenoxy) is 2. The van der Waals surface area contributed by atoms with Gasteiger partial charge in [-0.15, -0.1) is 0 Å². The summed E-state index contributed by atoms with van der Waals surface area (Å²) in [6.07, 6.45) is 10.4. The summed E-state index contributed by atoms with van der Waals surface area (Å²) in [7, 11) is 0. The first-order chi connectivity index (χ1) is 10.3. The van der Waals surface area contributed by atoms with E-state index >= 15 is 0 Å². The SMILES string of the molecule is CCOC(Cn1c2c(c3c1CCCC3)CCCC2)OCC. The lowest BCUT2D eigenvalue weighted by molar-refractivity contribution is -0.144. The fourth-order valence-corrected chi connectivity index (χ4v) is 4.08. The lowest BCUT2D eigenvalue weighted by Crippen LogP contribution is -2.26. The Morgan fingerprint density at radius 1 is 0.810 bits per heavy atom. The second-order valence-corrected chi connectivity index (χ2v) is 6.22. The van der Waals surface area contributed by atoms with Crippen LogP contribution >= 0.6 is 0 Å². The van der Waals surface area contributed by atoms with E-state index in [4.69, 9.17) is 9.47 Å². The molecule has 0 aliphatic heterocycles. The van der Waals surface area contributed by atoms with Gasteiger partial charge in [-0.05, 0) is 76.3 Å². The van der Waals surface area contributed by atoms with Gasteiger partial charge in [0.1, 0.15) is 0 Å². The molecule has 2 aliphatic rings. The van der Waals surface area contributed by atoms with Crippen molar-refractivity contribution in [3.05, 3.63) is 22.5 Å². The molecule has 0 fully saturated rings.